The van der Waals surface area contributed by atoms with E-state index in [-0.39, 0.29) is 12.2 Å². The Labute approximate surface area is 93.2 Å². The number of benzene rings is 1. The van der Waals surface area contributed by atoms with Crippen molar-refractivity contribution in [1.29, 1.82) is 0 Å². The summed E-state index contributed by atoms with van der Waals surface area (Å²) in [6, 6.07) is 2.93. The standard InChI is InChI=1S/C10H15N3O3/c1-6-3-10(13(15)16)9(4-8(6)11)12-5-7(2)14/h3-4,7,12,14H,5,11H2,1-2H3. The Morgan fingerprint density at radius 1 is 1.62 bits per heavy atom. The van der Waals surface area contributed by atoms with E-state index >= 15 is 0 Å². The van der Waals surface area contributed by atoms with Gasteiger partial charge in [0.05, 0.1) is 11.0 Å². The average molecular weight is 225 g/mol. The Morgan fingerprint density at radius 3 is 2.75 bits per heavy atom. The van der Waals surface area contributed by atoms with Crippen LogP contribution in [0, 0.1) is 17.0 Å². The number of hydrogen-bond donors (Lipinski definition) is 3. The number of aliphatic hydroxyl groups is 1. The van der Waals surface area contributed by atoms with Crippen molar-refractivity contribution in [2.75, 3.05) is 17.6 Å². The van der Waals surface area contributed by atoms with Gasteiger partial charge in [-0.1, -0.05) is 0 Å². The van der Waals surface area contributed by atoms with Crippen LogP contribution in [0.2, 0.25) is 0 Å². The molecule has 0 aliphatic carbocycles. The van der Waals surface area contributed by atoms with E-state index in [2.05, 4.69) is 5.32 Å². The van der Waals surface area contributed by atoms with Crippen molar-refractivity contribution >= 4 is 17.1 Å². The molecule has 88 valence electrons. The normalized spacial score (nSPS) is 12.2. The highest BCUT2D eigenvalue weighted by atomic mass is 16.6. The number of nitrogens with zero attached hydrogens (tertiary/aromatic N) is 1. The first-order valence-electron chi connectivity index (χ1n) is 4.88. The highest BCUT2D eigenvalue weighted by molar-refractivity contribution is 5.70. The molecule has 0 bridgehead atoms. The zero-order chi connectivity index (χ0) is 12.3. The zero-order valence-corrected chi connectivity index (χ0v) is 9.23. The fourth-order valence-corrected chi connectivity index (χ4v) is 1.26. The number of hydrogen-bond acceptors (Lipinski definition) is 5. The summed E-state index contributed by atoms with van der Waals surface area (Å²) in [4.78, 5) is 10.3. The summed E-state index contributed by atoms with van der Waals surface area (Å²) in [5.74, 6) is 0. The fourth-order valence-electron chi connectivity index (χ4n) is 1.26. The Kier molecular flexibility index (Phi) is 3.68. The number of nitrogen functional groups attached to an aromatic ring is 1. The van der Waals surface area contributed by atoms with Crippen LogP contribution in [-0.2, 0) is 0 Å². The summed E-state index contributed by atoms with van der Waals surface area (Å²) in [6.45, 7) is 3.54. The molecule has 0 amide bonds. The van der Waals surface area contributed by atoms with Crippen molar-refractivity contribution in [3.63, 3.8) is 0 Å². The van der Waals surface area contributed by atoms with Gasteiger partial charge >= 0.3 is 0 Å². The molecule has 0 aliphatic rings. The van der Waals surface area contributed by atoms with Gasteiger partial charge in [-0.25, -0.2) is 0 Å². The second-order valence-corrected chi connectivity index (χ2v) is 3.71. The van der Waals surface area contributed by atoms with Gasteiger partial charge in [-0.15, -0.1) is 0 Å². The Hall–Kier alpha value is -1.82. The number of nitrogens with one attached hydrogen (secondary N) is 1. The minimum Gasteiger partial charge on any atom is -0.398 e. The fraction of sp³-hybridized carbons (Fsp3) is 0.400. The van der Waals surface area contributed by atoms with Gasteiger partial charge in [-0.2, -0.15) is 0 Å². The maximum atomic E-state index is 10.8. The lowest BCUT2D eigenvalue weighted by Crippen LogP contribution is -2.16. The molecule has 0 spiro atoms. The molecule has 0 aliphatic heterocycles. The van der Waals surface area contributed by atoms with Gasteiger partial charge in [-0.3, -0.25) is 10.1 Å². The van der Waals surface area contributed by atoms with Gasteiger partial charge in [0.25, 0.3) is 5.69 Å². The van der Waals surface area contributed by atoms with E-state index in [1.807, 2.05) is 0 Å². The highest BCUT2D eigenvalue weighted by Gasteiger charge is 2.15. The molecule has 4 N–H and O–H groups in total. The van der Waals surface area contributed by atoms with Crippen molar-refractivity contribution in [2.45, 2.75) is 20.0 Å². The van der Waals surface area contributed by atoms with Gasteiger partial charge < -0.3 is 16.2 Å². The van der Waals surface area contributed by atoms with Crippen LogP contribution in [0.1, 0.15) is 12.5 Å². The van der Waals surface area contributed by atoms with Crippen molar-refractivity contribution in [1.82, 2.24) is 0 Å². The lowest BCUT2D eigenvalue weighted by atomic mass is 10.1. The van der Waals surface area contributed by atoms with Crippen LogP contribution in [0.3, 0.4) is 0 Å². The molecule has 0 saturated carbocycles. The van der Waals surface area contributed by atoms with Crippen LogP contribution in [-0.4, -0.2) is 22.7 Å². The van der Waals surface area contributed by atoms with E-state index in [1.165, 1.54) is 12.1 Å². The zero-order valence-electron chi connectivity index (χ0n) is 9.23. The predicted molar refractivity (Wildman–Crippen MR) is 62.4 cm³/mol. The van der Waals surface area contributed by atoms with Gasteiger partial charge in [0.1, 0.15) is 5.69 Å². The van der Waals surface area contributed by atoms with Crippen molar-refractivity contribution in [2.24, 2.45) is 0 Å². The third-order valence-corrected chi connectivity index (χ3v) is 2.17. The molecule has 16 heavy (non-hydrogen) atoms. The second kappa shape index (κ2) is 4.80. The molecule has 6 nitrogen and oxygen atoms in total. The number of anilines is 2. The molecule has 6 heteroatoms. The van der Waals surface area contributed by atoms with Crippen LogP contribution in [0.15, 0.2) is 12.1 Å². The molecule has 1 unspecified atom stereocenters. The Balaban J connectivity index is 3.05. The van der Waals surface area contributed by atoms with E-state index < -0.39 is 11.0 Å². The molecule has 1 atom stereocenters. The summed E-state index contributed by atoms with van der Waals surface area (Å²) in [5, 5.41) is 22.7. The van der Waals surface area contributed by atoms with E-state index in [1.54, 1.807) is 13.8 Å². The molecular formula is C10H15N3O3. The first-order chi connectivity index (χ1) is 7.41. The van der Waals surface area contributed by atoms with E-state index in [0.717, 1.165) is 0 Å². The predicted octanol–water partition coefficient (Wildman–Crippen LogP) is 1.28. The molecule has 0 heterocycles. The van der Waals surface area contributed by atoms with Gasteiger partial charge in [0.2, 0.25) is 0 Å². The van der Waals surface area contributed by atoms with Crippen LogP contribution < -0.4 is 11.1 Å². The molecule has 1 aromatic rings. The van der Waals surface area contributed by atoms with Crippen LogP contribution in [0.25, 0.3) is 0 Å². The maximum absolute atomic E-state index is 10.8. The molecule has 0 radical (unpaired) electrons. The number of rotatable bonds is 4. The van der Waals surface area contributed by atoms with E-state index in [9.17, 15) is 10.1 Å². The second-order valence-electron chi connectivity index (χ2n) is 3.71. The smallest absolute Gasteiger partial charge is 0.292 e. The summed E-state index contributed by atoms with van der Waals surface area (Å²) >= 11 is 0. The van der Waals surface area contributed by atoms with Crippen molar-refractivity contribution in [3.05, 3.63) is 27.8 Å². The first kappa shape index (κ1) is 12.3. The summed E-state index contributed by atoms with van der Waals surface area (Å²) in [7, 11) is 0. The number of aryl methyl sites for hydroxylation is 1. The minimum atomic E-state index is -0.581. The summed E-state index contributed by atoms with van der Waals surface area (Å²) in [6.07, 6.45) is -0.581. The monoisotopic (exact) mass is 225 g/mol. The van der Waals surface area contributed by atoms with E-state index in [4.69, 9.17) is 10.8 Å². The number of aliphatic hydroxyl groups excluding tert-OH is 1. The quantitative estimate of drug-likeness (QED) is 0.407. The number of nitro benzene ring substituents is 1. The third-order valence-electron chi connectivity index (χ3n) is 2.17. The van der Waals surface area contributed by atoms with Crippen LogP contribution in [0.5, 0.6) is 0 Å². The first-order valence-corrected chi connectivity index (χ1v) is 4.88. The molecule has 0 aromatic heterocycles. The summed E-state index contributed by atoms with van der Waals surface area (Å²) in [5.41, 5.74) is 7.11. The Bertz CT molecular complexity index is 405. The van der Waals surface area contributed by atoms with Crippen molar-refractivity contribution in [3.8, 4) is 0 Å². The molecular weight excluding hydrogens is 210 g/mol. The number of nitrogens with two attached hydrogens (primary N) is 1. The van der Waals surface area contributed by atoms with Crippen molar-refractivity contribution < 1.29 is 10.0 Å². The number of nitro groups is 1. The molecule has 1 rings (SSSR count). The van der Waals surface area contributed by atoms with Gasteiger partial charge in [-0.05, 0) is 25.5 Å². The Morgan fingerprint density at radius 2 is 2.25 bits per heavy atom. The molecule has 1 aromatic carbocycles. The minimum absolute atomic E-state index is 0.0349. The van der Waals surface area contributed by atoms with Crippen LogP contribution in [0.4, 0.5) is 17.1 Å². The topological polar surface area (TPSA) is 101 Å². The highest BCUT2D eigenvalue weighted by Crippen LogP contribution is 2.29. The van der Waals surface area contributed by atoms with Gasteiger partial charge in [0, 0.05) is 18.3 Å². The maximum Gasteiger partial charge on any atom is 0.292 e. The lowest BCUT2D eigenvalue weighted by molar-refractivity contribution is -0.384. The van der Waals surface area contributed by atoms with Crippen LogP contribution >= 0.6 is 0 Å². The third kappa shape index (κ3) is 2.83. The molecule has 0 saturated heterocycles. The van der Waals surface area contributed by atoms with E-state index in [0.29, 0.717) is 16.9 Å². The SMILES string of the molecule is Cc1cc([N+](=O)[O-])c(NCC(C)O)cc1N. The van der Waals surface area contributed by atoms with Gasteiger partial charge in [0.15, 0.2) is 0 Å². The molecule has 0 fully saturated rings. The lowest BCUT2D eigenvalue weighted by Gasteiger charge is -2.10. The average Bonchev–Trinajstić information content (AvgIpc) is 2.18. The largest absolute Gasteiger partial charge is 0.398 e. The summed E-state index contributed by atoms with van der Waals surface area (Å²) < 4.78 is 0.